The second kappa shape index (κ2) is 3.87. The topological polar surface area (TPSA) is 60.4 Å². The van der Waals surface area contributed by atoms with Crippen molar-refractivity contribution in [3.63, 3.8) is 0 Å². The summed E-state index contributed by atoms with van der Waals surface area (Å²) in [4.78, 5) is 0. The van der Waals surface area contributed by atoms with Crippen LogP contribution in [0.2, 0.25) is 0 Å². The Morgan fingerprint density at radius 2 is 2.07 bits per heavy atom. The van der Waals surface area contributed by atoms with Crippen molar-refractivity contribution in [1.29, 1.82) is 0 Å². The van der Waals surface area contributed by atoms with E-state index in [2.05, 4.69) is 20.8 Å². The van der Waals surface area contributed by atoms with E-state index in [1.54, 1.807) is 7.11 Å². The largest absolute Gasteiger partial charge is 0.581 e. The molecule has 0 radical (unpaired) electrons. The van der Waals surface area contributed by atoms with E-state index in [9.17, 15) is 0 Å². The summed E-state index contributed by atoms with van der Waals surface area (Å²) in [7, 11) is 1.63. The first-order valence-corrected chi connectivity index (χ1v) is 4.16. The van der Waals surface area contributed by atoms with Crippen molar-refractivity contribution in [2.75, 3.05) is 13.8 Å². The van der Waals surface area contributed by atoms with Crippen molar-refractivity contribution in [2.24, 2.45) is 15.3 Å². The molecule has 0 atom stereocenters. The van der Waals surface area contributed by atoms with Gasteiger partial charge < -0.3 is 15.3 Å². The molecule has 0 saturated heterocycles. The van der Waals surface area contributed by atoms with Gasteiger partial charge in [0, 0.05) is 12.2 Å². The number of hydrogen-bond donors (Lipinski definition) is 0. The van der Waals surface area contributed by atoms with Gasteiger partial charge in [-0.3, -0.25) is 0 Å². The standard InChI is InChI=1S/C9H9N4O/c1-14-8-4-2-7(3-5-8)9-12-10-6-11-13-9/h2-5H,6H2,1H3/q-1. The van der Waals surface area contributed by atoms with Crippen molar-refractivity contribution in [2.45, 2.75) is 0 Å². The van der Waals surface area contributed by atoms with Crippen LogP contribution in [0.15, 0.2) is 39.6 Å². The molecule has 5 nitrogen and oxygen atoms in total. The Morgan fingerprint density at radius 3 is 2.64 bits per heavy atom. The van der Waals surface area contributed by atoms with Gasteiger partial charge in [-0.25, -0.2) is 5.11 Å². The fourth-order valence-electron chi connectivity index (χ4n) is 1.10. The van der Waals surface area contributed by atoms with Gasteiger partial charge in [-0.2, -0.15) is 0 Å². The van der Waals surface area contributed by atoms with E-state index in [4.69, 9.17) is 4.74 Å². The number of nitrogens with zero attached hydrogens (tertiary/aromatic N) is 4. The second-order valence-electron chi connectivity index (χ2n) is 2.68. The third kappa shape index (κ3) is 1.71. The number of hydrogen-bond acceptors (Lipinski definition) is 4. The number of azo groups is 1. The molecule has 0 amide bonds. The van der Waals surface area contributed by atoms with Crippen molar-refractivity contribution in [3.8, 4) is 5.75 Å². The van der Waals surface area contributed by atoms with E-state index in [-0.39, 0.29) is 0 Å². The summed E-state index contributed by atoms with van der Waals surface area (Å²) < 4.78 is 5.04. The summed E-state index contributed by atoms with van der Waals surface area (Å²) in [5.74, 6) is 1.35. The number of benzene rings is 1. The summed E-state index contributed by atoms with van der Waals surface area (Å²) in [5, 5.41) is 11.6. The van der Waals surface area contributed by atoms with Crippen molar-refractivity contribution in [1.82, 2.24) is 0 Å². The highest BCUT2D eigenvalue weighted by Gasteiger charge is 2.01. The average Bonchev–Trinajstić information content (AvgIpc) is 2.30. The minimum absolute atomic E-state index is 0.319. The molecular weight excluding hydrogens is 180 g/mol. The van der Waals surface area contributed by atoms with E-state index in [0.29, 0.717) is 12.5 Å². The Kier molecular flexibility index (Phi) is 2.40. The molecule has 0 saturated carbocycles. The SMILES string of the molecule is COc1ccc(C2=N[N-]CN=N2)cc1. The van der Waals surface area contributed by atoms with Crippen molar-refractivity contribution < 1.29 is 4.74 Å². The molecule has 14 heavy (non-hydrogen) atoms. The number of amidine groups is 1. The van der Waals surface area contributed by atoms with Gasteiger partial charge in [-0.1, -0.05) is 0 Å². The molecule has 0 aliphatic carbocycles. The molecule has 2 rings (SSSR count). The molecule has 1 aromatic rings. The predicted octanol–water partition coefficient (Wildman–Crippen LogP) is 2.15. The fraction of sp³-hybridized carbons (Fsp3) is 0.222. The van der Waals surface area contributed by atoms with Crippen LogP contribution in [0.3, 0.4) is 0 Å². The van der Waals surface area contributed by atoms with Gasteiger partial charge in [0.05, 0.1) is 7.11 Å². The van der Waals surface area contributed by atoms with Crippen molar-refractivity contribution >= 4 is 5.84 Å². The maximum atomic E-state index is 5.04. The Bertz CT molecular complexity index is 369. The van der Waals surface area contributed by atoms with Gasteiger partial charge in [-0.15, -0.1) is 5.11 Å². The van der Waals surface area contributed by atoms with Gasteiger partial charge in [0.1, 0.15) is 5.75 Å². The normalized spacial score (nSPS) is 14.5. The van der Waals surface area contributed by atoms with E-state index in [1.807, 2.05) is 24.3 Å². The Balaban J connectivity index is 2.24. The zero-order valence-corrected chi connectivity index (χ0v) is 7.71. The first-order valence-electron chi connectivity index (χ1n) is 4.16. The van der Waals surface area contributed by atoms with Crippen LogP contribution in [0.4, 0.5) is 0 Å². The molecule has 1 aromatic carbocycles. The first kappa shape index (κ1) is 8.68. The number of methoxy groups -OCH3 is 1. The zero-order valence-electron chi connectivity index (χ0n) is 7.71. The molecule has 0 fully saturated rings. The summed E-state index contributed by atoms with van der Waals surface area (Å²) in [5.41, 5.74) is 4.66. The van der Waals surface area contributed by atoms with Gasteiger partial charge in [0.2, 0.25) is 0 Å². The highest BCUT2D eigenvalue weighted by atomic mass is 16.5. The third-order valence-electron chi connectivity index (χ3n) is 1.81. The highest BCUT2D eigenvalue weighted by molar-refractivity contribution is 5.99. The van der Waals surface area contributed by atoms with Gasteiger partial charge in [0.15, 0.2) is 5.84 Å². The Labute approximate surface area is 81.5 Å². The fourth-order valence-corrected chi connectivity index (χ4v) is 1.10. The van der Waals surface area contributed by atoms with Crippen LogP contribution in [0.25, 0.3) is 5.43 Å². The van der Waals surface area contributed by atoms with E-state index < -0.39 is 0 Å². The minimum atomic E-state index is 0.319. The predicted molar refractivity (Wildman–Crippen MR) is 52.6 cm³/mol. The molecule has 0 N–H and O–H groups in total. The van der Waals surface area contributed by atoms with Gasteiger partial charge >= 0.3 is 0 Å². The maximum Gasteiger partial charge on any atom is 0.162 e. The molecule has 0 unspecified atom stereocenters. The van der Waals surface area contributed by atoms with Crippen molar-refractivity contribution in [3.05, 3.63) is 35.3 Å². The van der Waals surface area contributed by atoms with Gasteiger partial charge in [-0.05, 0) is 24.3 Å². The Hall–Kier alpha value is -1.91. The lowest BCUT2D eigenvalue weighted by Crippen LogP contribution is -2.00. The van der Waals surface area contributed by atoms with Gasteiger partial charge in [0.25, 0.3) is 0 Å². The molecule has 1 aliphatic heterocycles. The molecular formula is C9H9N4O-. The molecule has 0 spiro atoms. The summed E-state index contributed by atoms with van der Waals surface area (Å²) in [6.45, 7) is 0.319. The highest BCUT2D eigenvalue weighted by Crippen LogP contribution is 2.14. The molecule has 0 aromatic heterocycles. The van der Waals surface area contributed by atoms with Crippen LogP contribution in [0, 0.1) is 0 Å². The number of rotatable bonds is 2. The van der Waals surface area contributed by atoms with Crippen LogP contribution in [0.1, 0.15) is 5.56 Å². The maximum absolute atomic E-state index is 5.04. The van der Waals surface area contributed by atoms with Crippen LogP contribution in [-0.4, -0.2) is 19.6 Å². The third-order valence-corrected chi connectivity index (χ3v) is 1.81. The lowest BCUT2D eigenvalue weighted by atomic mass is 10.2. The summed E-state index contributed by atoms with van der Waals surface area (Å²) in [6.07, 6.45) is 0. The molecule has 72 valence electrons. The molecule has 1 aliphatic rings. The Morgan fingerprint density at radius 1 is 1.29 bits per heavy atom. The summed E-state index contributed by atoms with van der Waals surface area (Å²) in [6, 6.07) is 7.44. The van der Waals surface area contributed by atoms with Crippen LogP contribution >= 0.6 is 0 Å². The van der Waals surface area contributed by atoms with E-state index in [1.165, 1.54) is 0 Å². The van der Waals surface area contributed by atoms with Crippen LogP contribution in [0.5, 0.6) is 5.75 Å². The van der Waals surface area contributed by atoms with E-state index >= 15 is 0 Å². The van der Waals surface area contributed by atoms with Crippen LogP contribution in [-0.2, 0) is 0 Å². The molecule has 0 bridgehead atoms. The lowest BCUT2D eigenvalue weighted by molar-refractivity contribution is 0.415. The average molecular weight is 189 g/mol. The molecule has 5 heteroatoms. The quantitative estimate of drug-likeness (QED) is 0.703. The lowest BCUT2D eigenvalue weighted by Gasteiger charge is -2.16. The summed E-state index contributed by atoms with van der Waals surface area (Å²) >= 11 is 0. The monoisotopic (exact) mass is 189 g/mol. The molecule has 1 heterocycles. The van der Waals surface area contributed by atoms with E-state index in [0.717, 1.165) is 11.3 Å². The smallest absolute Gasteiger partial charge is 0.162 e. The van der Waals surface area contributed by atoms with Crippen LogP contribution < -0.4 is 4.74 Å². The first-order chi connectivity index (χ1) is 6.90. The second-order valence-corrected chi connectivity index (χ2v) is 2.68. The zero-order chi connectivity index (χ0) is 9.80. The number of ether oxygens (including phenoxy) is 1. The minimum Gasteiger partial charge on any atom is -0.581 e.